The minimum absolute atomic E-state index is 0.586. The Bertz CT molecular complexity index is 513. The number of rotatable bonds is 2. The molecule has 19 heavy (non-hydrogen) atoms. The summed E-state index contributed by atoms with van der Waals surface area (Å²) in [5.41, 5.74) is 1.17. The maximum atomic E-state index is 12.8. The lowest BCUT2D eigenvalue weighted by Crippen LogP contribution is -2.36. The first-order valence-electron chi connectivity index (χ1n) is 6.68. The molecule has 0 unspecified atom stereocenters. The summed E-state index contributed by atoms with van der Waals surface area (Å²) < 4.78 is 24.3. The number of ether oxygens (including phenoxy) is 2. The van der Waals surface area contributed by atoms with Gasteiger partial charge in [-0.05, 0) is 31.9 Å². The van der Waals surface area contributed by atoms with E-state index in [2.05, 4.69) is 0 Å². The first-order valence-corrected chi connectivity index (χ1v) is 7.83. The molecule has 0 radical (unpaired) electrons. The van der Waals surface area contributed by atoms with Gasteiger partial charge in [-0.15, -0.1) is 0 Å². The number of hydrogen-bond acceptors (Lipinski definition) is 3. The van der Waals surface area contributed by atoms with Crippen LogP contribution in [0, 0.1) is 6.92 Å². The number of benzene rings is 1. The number of allylic oxidation sites excluding steroid dienone is 1. The highest BCUT2D eigenvalue weighted by molar-refractivity contribution is 7.89. The Morgan fingerprint density at radius 1 is 1.16 bits per heavy atom. The van der Waals surface area contributed by atoms with Gasteiger partial charge in [0, 0.05) is 11.3 Å². The molecule has 1 saturated heterocycles. The van der Waals surface area contributed by atoms with E-state index in [0.717, 1.165) is 29.1 Å². The van der Waals surface area contributed by atoms with Gasteiger partial charge >= 0.3 is 0 Å². The van der Waals surface area contributed by atoms with E-state index in [4.69, 9.17) is 9.47 Å². The Balaban J connectivity index is 1.93. The maximum absolute atomic E-state index is 12.8. The largest absolute Gasteiger partial charge is 0.343 e. The van der Waals surface area contributed by atoms with E-state index < -0.39 is 16.6 Å². The van der Waals surface area contributed by atoms with Crippen LogP contribution < -0.4 is 0 Å². The lowest BCUT2D eigenvalue weighted by atomic mass is 10.0. The topological polar surface area (TPSA) is 35.5 Å². The molecule has 1 atom stereocenters. The van der Waals surface area contributed by atoms with Crippen molar-refractivity contribution in [1.82, 2.24) is 0 Å². The molecule has 1 spiro atoms. The molecule has 1 aliphatic heterocycles. The summed E-state index contributed by atoms with van der Waals surface area (Å²) >= 11 is 0. The van der Waals surface area contributed by atoms with Crippen molar-refractivity contribution in [1.29, 1.82) is 0 Å². The third kappa shape index (κ3) is 2.40. The van der Waals surface area contributed by atoms with Gasteiger partial charge in [0.2, 0.25) is 5.79 Å². The number of aryl methyl sites for hydroxylation is 1. The first-order chi connectivity index (χ1) is 9.21. The third-order valence-electron chi connectivity index (χ3n) is 3.60. The smallest absolute Gasteiger partial charge is 0.203 e. The minimum atomic E-state index is -1.20. The second-order valence-corrected chi connectivity index (χ2v) is 6.44. The van der Waals surface area contributed by atoms with Gasteiger partial charge in [-0.25, -0.2) is 4.21 Å². The second-order valence-electron chi connectivity index (χ2n) is 4.99. The van der Waals surface area contributed by atoms with Crippen LogP contribution in [0.1, 0.15) is 24.8 Å². The summed E-state index contributed by atoms with van der Waals surface area (Å²) in [6.45, 7) is 3.20. The normalized spacial score (nSPS) is 23.3. The molecule has 1 aromatic carbocycles. The molecule has 1 fully saturated rings. The molecule has 0 bridgehead atoms. The van der Waals surface area contributed by atoms with Crippen LogP contribution in [0.2, 0.25) is 0 Å². The van der Waals surface area contributed by atoms with E-state index in [-0.39, 0.29) is 0 Å². The van der Waals surface area contributed by atoms with Gasteiger partial charge in [-0.3, -0.25) is 0 Å². The van der Waals surface area contributed by atoms with E-state index >= 15 is 0 Å². The molecule has 0 N–H and O–H groups in total. The van der Waals surface area contributed by atoms with Crippen LogP contribution in [-0.2, 0) is 20.3 Å². The lowest BCUT2D eigenvalue weighted by Gasteiger charge is -2.32. The quantitative estimate of drug-likeness (QED) is 0.834. The highest BCUT2D eigenvalue weighted by atomic mass is 32.2. The highest BCUT2D eigenvalue weighted by Gasteiger charge is 2.44. The molecule has 3 rings (SSSR count). The van der Waals surface area contributed by atoms with E-state index in [1.165, 1.54) is 5.56 Å². The first kappa shape index (κ1) is 13.0. The molecule has 0 saturated carbocycles. The Morgan fingerprint density at radius 3 is 2.53 bits per heavy atom. The van der Waals surface area contributed by atoms with Crippen molar-refractivity contribution in [3.8, 4) is 0 Å². The summed E-state index contributed by atoms with van der Waals surface area (Å²) in [5, 5.41) is 0. The standard InChI is InChI=1S/C15H18O3S/c1-12-5-7-13(8-6-12)19(16)14-4-2-3-9-15(14)17-10-11-18-15/h4-8H,2-3,9-11H2,1H3/t19-/m0/s1. The zero-order valence-electron chi connectivity index (χ0n) is 11.1. The molecule has 102 valence electrons. The fourth-order valence-electron chi connectivity index (χ4n) is 2.59. The van der Waals surface area contributed by atoms with Crippen molar-refractivity contribution in [2.24, 2.45) is 0 Å². The predicted molar refractivity (Wildman–Crippen MR) is 74.2 cm³/mol. The highest BCUT2D eigenvalue weighted by Crippen LogP contribution is 2.40. The Morgan fingerprint density at radius 2 is 1.84 bits per heavy atom. The van der Waals surface area contributed by atoms with Crippen LogP contribution in [0.25, 0.3) is 0 Å². The summed E-state index contributed by atoms with van der Waals surface area (Å²) in [4.78, 5) is 1.61. The average molecular weight is 278 g/mol. The molecular formula is C15H18O3S. The van der Waals surface area contributed by atoms with E-state index in [0.29, 0.717) is 13.2 Å². The van der Waals surface area contributed by atoms with Crippen LogP contribution in [0.15, 0.2) is 40.1 Å². The van der Waals surface area contributed by atoms with E-state index in [9.17, 15) is 4.21 Å². The Labute approximate surface area is 116 Å². The monoisotopic (exact) mass is 278 g/mol. The van der Waals surface area contributed by atoms with E-state index in [1.807, 2.05) is 37.3 Å². The molecular weight excluding hydrogens is 260 g/mol. The summed E-state index contributed by atoms with van der Waals surface area (Å²) in [6.07, 6.45) is 4.80. The van der Waals surface area contributed by atoms with Crippen LogP contribution in [-0.4, -0.2) is 23.2 Å². The average Bonchev–Trinajstić information content (AvgIpc) is 2.88. The van der Waals surface area contributed by atoms with Gasteiger partial charge in [-0.1, -0.05) is 23.8 Å². The van der Waals surface area contributed by atoms with Gasteiger partial charge in [-0.2, -0.15) is 0 Å². The van der Waals surface area contributed by atoms with E-state index in [1.54, 1.807) is 0 Å². The van der Waals surface area contributed by atoms with Crippen LogP contribution in [0.3, 0.4) is 0 Å². The summed E-state index contributed by atoms with van der Waals surface area (Å²) in [6, 6.07) is 7.81. The molecule has 4 heteroatoms. The Kier molecular flexibility index (Phi) is 3.56. The van der Waals surface area contributed by atoms with Gasteiger partial charge in [0.15, 0.2) is 0 Å². The number of hydrogen-bond donors (Lipinski definition) is 0. The second kappa shape index (κ2) is 5.19. The minimum Gasteiger partial charge on any atom is -0.343 e. The molecule has 0 amide bonds. The predicted octanol–water partition coefficient (Wildman–Crippen LogP) is 2.91. The van der Waals surface area contributed by atoms with Crippen molar-refractivity contribution in [3.05, 3.63) is 40.8 Å². The van der Waals surface area contributed by atoms with Crippen LogP contribution >= 0.6 is 0 Å². The van der Waals surface area contributed by atoms with Crippen molar-refractivity contribution >= 4 is 10.8 Å². The molecule has 2 aliphatic rings. The van der Waals surface area contributed by atoms with Gasteiger partial charge in [0.1, 0.15) is 0 Å². The SMILES string of the molecule is Cc1ccc([S@](=O)C2=CCCCC23OCCO3)cc1. The molecule has 1 aromatic rings. The maximum Gasteiger partial charge on any atom is 0.203 e. The van der Waals surface area contributed by atoms with Crippen molar-refractivity contribution in [2.45, 2.75) is 36.9 Å². The third-order valence-corrected chi connectivity index (χ3v) is 5.18. The van der Waals surface area contributed by atoms with Crippen molar-refractivity contribution < 1.29 is 13.7 Å². The molecule has 3 nitrogen and oxygen atoms in total. The van der Waals surface area contributed by atoms with Crippen LogP contribution in [0.5, 0.6) is 0 Å². The zero-order chi connectivity index (χ0) is 13.3. The molecule has 0 aromatic heterocycles. The fraction of sp³-hybridized carbons (Fsp3) is 0.467. The fourth-order valence-corrected chi connectivity index (χ4v) is 4.00. The molecule has 1 aliphatic carbocycles. The molecule has 1 heterocycles. The van der Waals surface area contributed by atoms with Crippen molar-refractivity contribution in [2.75, 3.05) is 13.2 Å². The lowest BCUT2D eigenvalue weighted by molar-refractivity contribution is -0.128. The summed E-state index contributed by atoms with van der Waals surface area (Å²) in [5.74, 6) is -0.728. The van der Waals surface area contributed by atoms with Gasteiger partial charge in [0.05, 0.1) is 28.9 Å². The van der Waals surface area contributed by atoms with Crippen LogP contribution in [0.4, 0.5) is 0 Å². The zero-order valence-corrected chi connectivity index (χ0v) is 11.9. The van der Waals surface area contributed by atoms with Crippen molar-refractivity contribution in [3.63, 3.8) is 0 Å². The Hall–Kier alpha value is -0.970. The summed E-state index contributed by atoms with van der Waals surface area (Å²) in [7, 11) is -1.20. The van der Waals surface area contributed by atoms with Gasteiger partial charge < -0.3 is 9.47 Å². The van der Waals surface area contributed by atoms with Gasteiger partial charge in [0.25, 0.3) is 0 Å².